The summed E-state index contributed by atoms with van der Waals surface area (Å²) in [5, 5.41) is 2.93. The standard InChI is InChI=1S/C24H28N2O2/c1-2-15-26(22-14-11-17-5-3-4-6-20(17)16-22)24(28)19-9-12-21(13-10-19)25-23(27)18-7-8-18/h3-6,9-10,12-13,18,22H,2,7-8,11,14-16H2,1H3,(H,25,27). The van der Waals surface area contributed by atoms with Gasteiger partial charge in [0.2, 0.25) is 5.91 Å². The second-order valence-electron chi connectivity index (χ2n) is 8.00. The van der Waals surface area contributed by atoms with Gasteiger partial charge in [0.05, 0.1) is 0 Å². The Morgan fingerprint density at radius 3 is 2.39 bits per heavy atom. The zero-order valence-electron chi connectivity index (χ0n) is 16.5. The van der Waals surface area contributed by atoms with Gasteiger partial charge in [-0.25, -0.2) is 0 Å². The Balaban J connectivity index is 1.46. The van der Waals surface area contributed by atoms with Crippen LogP contribution in [0.3, 0.4) is 0 Å². The zero-order chi connectivity index (χ0) is 19.5. The van der Waals surface area contributed by atoms with Crippen LogP contribution in [0.1, 0.15) is 54.1 Å². The molecule has 0 bridgehead atoms. The SMILES string of the molecule is CCCN(C(=O)c1ccc(NC(=O)C2CC2)cc1)C1CCc2ccccc2C1. The summed E-state index contributed by atoms with van der Waals surface area (Å²) >= 11 is 0. The van der Waals surface area contributed by atoms with E-state index in [9.17, 15) is 9.59 Å². The molecule has 0 saturated heterocycles. The average Bonchev–Trinajstić information content (AvgIpc) is 3.57. The zero-order valence-corrected chi connectivity index (χ0v) is 16.5. The maximum atomic E-state index is 13.2. The lowest BCUT2D eigenvalue weighted by molar-refractivity contribution is -0.117. The van der Waals surface area contributed by atoms with Crippen LogP contribution in [0.4, 0.5) is 5.69 Å². The van der Waals surface area contributed by atoms with E-state index in [-0.39, 0.29) is 23.8 Å². The minimum atomic E-state index is 0.0892. The first-order valence-electron chi connectivity index (χ1n) is 10.4. The summed E-state index contributed by atoms with van der Waals surface area (Å²) < 4.78 is 0. The summed E-state index contributed by atoms with van der Waals surface area (Å²) in [5.41, 5.74) is 4.24. The van der Waals surface area contributed by atoms with E-state index in [2.05, 4.69) is 36.5 Å². The van der Waals surface area contributed by atoms with E-state index < -0.39 is 0 Å². The van der Waals surface area contributed by atoms with Gasteiger partial charge in [-0.15, -0.1) is 0 Å². The Morgan fingerprint density at radius 1 is 1.00 bits per heavy atom. The van der Waals surface area contributed by atoms with Crippen molar-refractivity contribution in [2.75, 3.05) is 11.9 Å². The summed E-state index contributed by atoms with van der Waals surface area (Å²) in [7, 11) is 0. The number of nitrogens with zero attached hydrogens (tertiary/aromatic N) is 1. The van der Waals surface area contributed by atoms with Crippen LogP contribution in [0.5, 0.6) is 0 Å². The van der Waals surface area contributed by atoms with E-state index in [1.54, 1.807) is 0 Å². The molecule has 2 aromatic carbocycles. The summed E-state index contributed by atoms with van der Waals surface area (Å²) in [6, 6.07) is 16.2. The normalized spacial score (nSPS) is 18.2. The van der Waals surface area contributed by atoms with Gasteiger partial charge in [0.1, 0.15) is 0 Å². The smallest absolute Gasteiger partial charge is 0.254 e. The molecule has 4 rings (SSSR count). The number of amides is 2. The summed E-state index contributed by atoms with van der Waals surface area (Å²) in [6.07, 6.45) is 5.88. The molecule has 0 aliphatic heterocycles. The highest BCUT2D eigenvalue weighted by atomic mass is 16.2. The maximum Gasteiger partial charge on any atom is 0.254 e. The van der Waals surface area contributed by atoms with Crippen LogP contribution in [0.25, 0.3) is 0 Å². The third kappa shape index (κ3) is 4.11. The number of benzene rings is 2. The van der Waals surface area contributed by atoms with Gasteiger partial charge in [0, 0.05) is 29.8 Å². The number of aryl methyl sites for hydroxylation is 1. The fourth-order valence-corrected chi connectivity index (χ4v) is 4.09. The number of anilines is 1. The maximum absolute atomic E-state index is 13.2. The first kappa shape index (κ1) is 18.7. The molecule has 2 amide bonds. The van der Waals surface area contributed by atoms with Gasteiger partial charge in [-0.3, -0.25) is 9.59 Å². The van der Waals surface area contributed by atoms with Crippen LogP contribution in [0, 0.1) is 5.92 Å². The molecule has 1 atom stereocenters. The number of hydrogen-bond donors (Lipinski definition) is 1. The predicted molar refractivity (Wildman–Crippen MR) is 111 cm³/mol. The molecule has 4 heteroatoms. The molecule has 1 N–H and O–H groups in total. The van der Waals surface area contributed by atoms with Gasteiger partial charge in [-0.05, 0) is 73.9 Å². The average molecular weight is 377 g/mol. The first-order valence-corrected chi connectivity index (χ1v) is 10.4. The molecule has 2 aromatic rings. The van der Waals surface area contributed by atoms with Crippen LogP contribution in [-0.2, 0) is 17.6 Å². The number of carbonyl (C=O) groups is 2. The van der Waals surface area contributed by atoms with Crippen LogP contribution < -0.4 is 5.32 Å². The van der Waals surface area contributed by atoms with Crippen molar-refractivity contribution in [3.05, 3.63) is 65.2 Å². The van der Waals surface area contributed by atoms with Gasteiger partial charge in [-0.2, -0.15) is 0 Å². The van der Waals surface area contributed by atoms with Gasteiger partial charge >= 0.3 is 0 Å². The molecule has 1 saturated carbocycles. The molecule has 1 unspecified atom stereocenters. The molecular weight excluding hydrogens is 348 g/mol. The molecule has 28 heavy (non-hydrogen) atoms. The van der Waals surface area contributed by atoms with E-state index in [0.29, 0.717) is 5.56 Å². The highest BCUT2D eigenvalue weighted by molar-refractivity contribution is 5.97. The Hall–Kier alpha value is -2.62. The molecule has 146 valence electrons. The fraction of sp³-hybridized carbons (Fsp3) is 0.417. The molecule has 0 radical (unpaired) electrons. The molecule has 0 aromatic heterocycles. The van der Waals surface area contributed by atoms with Gasteiger partial charge < -0.3 is 10.2 Å². The van der Waals surface area contributed by atoms with Crippen LogP contribution in [-0.4, -0.2) is 29.3 Å². The largest absolute Gasteiger partial charge is 0.335 e. The molecule has 2 aliphatic rings. The second kappa shape index (κ2) is 8.17. The lowest BCUT2D eigenvalue weighted by Gasteiger charge is -2.35. The Bertz CT molecular complexity index is 855. The lowest BCUT2D eigenvalue weighted by Crippen LogP contribution is -2.43. The van der Waals surface area contributed by atoms with E-state index in [4.69, 9.17) is 0 Å². The molecule has 1 fully saturated rings. The van der Waals surface area contributed by atoms with E-state index in [1.807, 2.05) is 29.2 Å². The van der Waals surface area contributed by atoms with Crippen molar-refractivity contribution in [2.45, 2.75) is 51.5 Å². The lowest BCUT2D eigenvalue weighted by atomic mass is 9.87. The van der Waals surface area contributed by atoms with Crippen molar-refractivity contribution < 1.29 is 9.59 Å². The van der Waals surface area contributed by atoms with E-state index in [0.717, 1.165) is 50.8 Å². The minimum absolute atomic E-state index is 0.0892. The van der Waals surface area contributed by atoms with Crippen molar-refractivity contribution in [3.8, 4) is 0 Å². The Labute approximate surface area is 166 Å². The number of nitrogens with one attached hydrogen (secondary N) is 1. The van der Waals surface area contributed by atoms with Crippen LogP contribution >= 0.6 is 0 Å². The monoisotopic (exact) mass is 376 g/mol. The van der Waals surface area contributed by atoms with Crippen LogP contribution in [0.15, 0.2) is 48.5 Å². The Kier molecular flexibility index (Phi) is 5.47. The number of fused-ring (bicyclic) bond motifs is 1. The van der Waals surface area contributed by atoms with E-state index >= 15 is 0 Å². The predicted octanol–water partition coefficient (Wildman–Crippen LogP) is 4.44. The first-order chi connectivity index (χ1) is 13.7. The van der Waals surface area contributed by atoms with Gasteiger partial charge in [-0.1, -0.05) is 31.2 Å². The quantitative estimate of drug-likeness (QED) is 0.810. The fourth-order valence-electron chi connectivity index (χ4n) is 4.09. The molecule has 0 spiro atoms. The molecule has 2 aliphatic carbocycles. The highest BCUT2D eigenvalue weighted by Gasteiger charge is 2.30. The van der Waals surface area contributed by atoms with Gasteiger partial charge in [0.15, 0.2) is 0 Å². The third-order valence-electron chi connectivity index (χ3n) is 5.83. The summed E-state index contributed by atoms with van der Waals surface area (Å²) in [6.45, 7) is 2.89. The van der Waals surface area contributed by atoms with E-state index in [1.165, 1.54) is 11.1 Å². The van der Waals surface area contributed by atoms with Crippen molar-refractivity contribution in [1.82, 2.24) is 4.90 Å². The van der Waals surface area contributed by atoms with Crippen molar-refractivity contribution in [2.24, 2.45) is 5.92 Å². The number of carbonyl (C=O) groups excluding carboxylic acids is 2. The number of hydrogen-bond acceptors (Lipinski definition) is 2. The molecule has 4 nitrogen and oxygen atoms in total. The topological polar surface area (TPSA) is 49.4 Å². The third-order valence-corrected chi connectivity index (χ3v) is 5.83. The van der Waals surface area contributed by atoms with Crippen LogP contribution in [0.2, 0.25) is 0 Å². The van der Waals surface area contributed by atoms with Gasteiger partial charge in [0.25, 0.3) is 5.91 Å². The summed E-state index contributed by atoms with van der Waals surface area (Å²) in [4.78, 5) is 27.2. The Morgan fingerprint density at radius 2 is 1.71 bits per heavy atom. The molecule has 0 heterocycles. The van der Waals surface area contributed by atoms with Crippen molar-refractivity contribution in [1.29, 1.82) is 0 Å². The van der Waals surface area contributed by atoms with Crippen molar-refractivity contribution >= 4 is 17.5 Å². The summed E-state index contributed by atoms with van der Waals surface area (Å²) in [5.74, 6) is 0.356. The number of rotatable bonds is 6. The second-order valence-corrected chi connectivity index (χ2v) is 8.00. The highest BCUT2D eigenvalue weighted by Crippen LogP contribution is 2.30. The minimum Gasteiger partial charge on any atom is -0.335 e. The van der Waals surface area contributed by atoms with Crippen molar-refractivity contribution in [3.63, 3.8) is 0 Å². The molecular formula is C24H28N2O2.